The maximum Gasteiger partial charge on any atom is 0.0601 e. The van der Waals surface area contributed by atoms with Gasteiger partial charge in [-0.1, -0.05) is 0 Å². The minimum atomic E-state index is 0.929. The van der Waals surface area contributed by atoms with Crippen molar-refractivity contribution in [1.82, 2.24) is 4.90 Å². The molecule has 4 nitrogen and oxygen atoms in total. The molecule has 0 amide bonds. The molecule has 0 aromatic heterocycles. The summed E-state index contributed by atoms with van der Waals surface area (Å²) in [4.78, 5) is 7.21. The molecule has 2 saturated heterocycles. The fourth-order valence-electron chi connectivity index (χ4n) is 3.05. The number of benzene rings is 1. The Morgan fingerprint density at radius 3 is 2.21 bits per heavy atom. The Kier molecular flexibility index (Phi) is 3.51. The van der Waals surface area contributed by atoms with Crippen LogP contribution in [-0.4, -0.2) is 51.2 Å². The molecule has 0 unspecified atom stereocenters. The van der Waals surface area contributed by atoms with E-state index < -0.39 is 0 Å². The molecule has 19 heavy (non-hydrogen) atoms. The SMILES string of the molecule is CN1CCN(c2ccc(N3CCCC3)c(N)c2)CC1. The molecule has 0 atom stereocenters. The lowest BCUT2D eigenvalue weighted by Gasteiger charge is -2.34. The lowest BCUT2D eigenvalue weighted by Crippen LogP contribution is -2.44. The van der Waals surface area contributed by atoms with Gasteiger partial charge in [0.05, 0.1) is 11.4 Å². The van der Waals surface area contributed by atoms with E-state index in [-0.39, 0.29) is 0 Å². The summed E-state index contributed by atoms with van der Waals surface area (Å²) in [6.45, 7) is 6.76. The van der Waals surface area contributed by atoms with E-state index in [0.29, 0.717) is 0 Å². The summed E-state index contributed by atoms with van der Waals surface area (Å²) in [6, 6.07) is 6.59. The Bertz CT molecular complexity index is 432. The first-order chi connectivity index (χ1) is 9.24. The number of rotatable bonds is 2. The predicted octanol–water partition coefficient (Wildman–Crippen LogP) is 1.62. The molecule has 4 heteroatoms. The zero-order valence-corrected chi connectivity index (χ0v) is 11.8. The van der Waals surface area contributed by atoms with Gasteiger partial charge in [-0.3, -0.25) is 0 Å². The van der Waals surface area contributed by atoms with Crippen LogP contribution in [0.3, 0.4) is 0 Å². The molecule has 0 spiro atoms. The molecule has 1 aromatic carbocycles. The summed E-state index contributed by atoms with van der Waals surface area (Å²) in [6.07, 6.45) is 2.58. The van der Waals surface area contributed by atoms with Crippen LogP contribution in [-0.2, 0) is 0 Å². The summed E-state index contributed by atoms with van der Waals surface area (Å²) >= 11 is 0. The van der Waals surface area contributed by atoms with E-state index in [1.54, 1.807) is 0 Å². The second-order valence-corrected chi connectivity index (χ2v) is 5.73. The monoisotopic (exact) mass is 260 g/mol. The van der Waals surface area contributed by atoms with Gasteiger partial charge in [0.2, 0.25) is 0 Å². The Morgan fingerprint density at radius 1 is 0.895 bits per heavy atom. The second kappa shape index (κ2) is 5.29. The van der Waals surface area contributed by atoms with Crippen molar-refractivity contribution in [3.63, 3.8) is 0 Å². The molecule has 2 N–H and O–H groups in total. The smallest absolute Gasteiger partial charge is 0.0601 e. The van der Waals surface area contributed by atoms with Crippen molar-refractivity contribution in [2.45, 2.75) is 12.8 Å². The van der Waals surface area contributed by atoms with E-state index in [1.807, 2.05) is 0 Å². The Labute approximate surface area is 115 Å². The lowest BCUT2D eigenvalue weighted by molar-refractivity contribution is 0.313. The van der Waals surface area contributed by atoms with Crippen LogP contribution in [0.15, 0.2) is 18.2 Å². The minimum absolute atomic E-state index is 0.929. The van der Waals surface area contributed by atoms with Gasteiger partial charge in [-0.05, 0) is 38.1 Å². The summed E-state index contributed by atoms with van der Waals surface area (Å²) in [5, 5.41) is 0. The minimum Gasteiger partial charge on any atom is -0.397 e. The zero-order valence-electron chi connectivity index (χ0n) is 11.8. The Balaban J connectivity index is 1.75. The molecule has 1 aromatic rings. The van der Waals surface area contributed by atoms with Crippen LogP contribution in [0, 0.1) is 0 Å². The summed E-state index contributed by atoms with van der Waals surface area (Å²) < 4.78 is 0. The summed E-state index contributed by atoms with van der Waals surface area (Å²) in [5.74, 6) is 0. The molecule has 0 radical (unpaired) electrons. The number of hydrogen-bond donors (Lipinski definition) is 1. The standard InChI is InChI=1S/C15H24N4/c1-17-8-10-18(11-9-17)13-4-5-15(14(16)12-13)19-6-2-3-7-19/h4-5,12H,2-3,6-11,16H2,1H3. The van der Waals surface area contributed by atoms with Crippen LogP contribution in [0.5, 0.6) is 0 Å². The predicted molar refractivity (Wildman–Crippen MR) is 82.0 cm³/mol. The largest absolute Gasteiger partial charge is 0.397 e. The van der Waals surface area contributed by atoms with Crippen molar-refractivity contribution in [2.75, 3.05) is 61.8 Å². The van der Waals surface area contributed by atoms with Crippen LogP contribution in [0.4, 0.5) is 17.1 Å². The molecule has 104 valence electrons. The van der Waals surface area contributed by atoms with Gasteiger partial charge in [-0.25, -0.2) is 0 Å². The first-order valence-corrected chi connectivity index (χ1v) is 7.32. The van der Waals surface area contributed by atoms with Crippen LogP contribution < -0.4 is 15.5 Å². The van der Waals surface area contributed by atoms with E-state index >= 15 is 0 Å². The average molecular weight is 260 g/mol. The quantitative estimate of drug-likeness (QED) is 0.820. The number of hydrogen-bond acceptors (Lipinski definition) is 4. The third kappa shape index (κ3) is 2.63. The number of piperazine rings is 1. The molecule has 0 saturated carbocycles. The Hall–Kier alpha value is -1.42. The van der Waals surface area contributed by atoms with Crippen molar-refractivity contribution in [3.8, 4) is 0 Å². The average Bonchev–Trinajstić information content (AvgIpc) is 2.93. The van der Waals surface area contributed by atoms with E-state index in [0.717, 1.165) is 45.0 Å². The van der Waals surface area contributed by atoms with Gasteiger partial charge >= 0.3 is 0 Å². The van der Waals surface area contributed by atoms with Crippen molar-refractivity contribution in [3.05, 3.63) is 18.2 Å². The number of nitrogens with zero attached hydrogens (tertiary/aromatic N) is 3. The van der Waals surface area contributed by atoms with Crippen LogP contribution in [0.2, 0.25) is 0 Å². The van der Waals surface area contributed by atoms with Gasteiger partial charge in [0.15, 0.2) is 0 Å². The number of nitrogen functional groups attached to an aromatic ring is 1. The van der Waals surface area contributed by atoms with E-state index in [1.165, 1.54) is 24.2 Å². The highest BCUT2D eigenvalue weighted by Gasteiger charge is 2.18. The van der Waals surface area contributed by atoms with Crippen LogP contribution in [0.25, 0.3) is 0 Å². The summed E-state index contributed by atoms with van der Waals surface area (Å²) in [7, 11) is 2.18. The number of nitrogens with two attached hydrogens (primary N) is 1. The van der Waals surface area contributed by atoms with Crippen molar-refractivity contribution in [2.24, 2.45) is 0 Å². The fourth-order valence-corrected chi connectivity index (χ4v) is 3.05. The molecular weight excluding hydrogens is 236 g/mol. The maximum atomic E-state index is 6.26. The first kappa shape index (κ1) is 12.6. The van der Waals surface area contributed by atoms with Gasteiger partial charge in [-0.15, -0.1) is 0 Å². The van der Waals surface area contributed by atoms with Gasteiger partial charge in [0.25, 0.3) is 0 Å². The topological polar surface area (TPSA) is 35.7 Å². The normalized spacial score (nSPS) is 21.1. The van der Waals surface area contributed by atoms with Crippen molar-refractivity contribution < 1.29 is 0 Å². The van der Waals surface area contributed by atoms with Crippen molar-refractivity contribution in [1.29, 1.82) is 0 Å². The number of anilines is 3. The first-order valence-electron chi connectivity index (χ1n) is 7.32. The van der Waals surface area contributed by atoms with Crippen LogP contribution in [0.1, 0.15) is 12.8 Å². The van der Waals surface area contributed by atoms with Gasteiger partial charge in [0.1, 0.15) is 0 Å². The van der Waals surface area contributed by atoms with Crippen molar-refractivity contribution >= 4 is 17.1 Å². The maximum absolute atomic E-state index is 6.26. The lowest BCUT2D eigenvalue weighted by atomic mass is 10.2. The van der Waals surface area contributed by atoms with E-state index in [9.17, 15) is 0 Å². The Morgan fingerprint density at radius 2 is 1.58 bits per heavy atom. The van der Waals surface area contributed by atoms with E-state index in [2.05, 4.69) is 39.9 Å². The second-order valence-electron chi connectivity index (χ2n) is 5.73. The fraction of sp³-hybridized carbons (Fsp3) is 0.600. The van der Waals surface area contributed by atoms with E-state index in [4.69, 9.17) is 5.73 Å². The van der Waals surface area contributed by atoms with Gasteiger partial charge in [0, 0.05) is 45.0 Å². The molecule has 3 rings (SSSR count). The highest BCUT2D eigenvalue weighted by atomic mass is 15.2. The summed E-state index contributed by atoms with van der Waals surface area (Å²) in [5.41, 5.74) is 9.68. The van der Waals surface area contributed by atoms with Gasteiger partial charge < -0.3 is 20.4 Å². The third-order valence-corrected chi connectivity index (χ3v) is 4.33. The third-order valence-electron chi connectivity index (χ3n) is 4.33. The highest BCUT2D eigenvalue weighted by molar-refractivity contribution is 5.73. The van der Waals surface area contributed by atoms with Gasteiger partial charge in [-0.2, -0.15) is 0 Å². The zero-order chi connectivity index (χ0) is 13.2. The molecule has 2 fully saturated rings. The number of likely N-dealkylation sites (N-methyl/N-ethyl adjacent to an activating group) is 1. The molecule has 0 aliphatic carbocycles. The molecule has 2 aliphatic heterocycles. The molecule has 2 heterocycles. The van der Waals surface area contributed by atoms with Crippen LogP contribution >= 0.6 is 0 Å². The molecule has 0 bridgehead atoms. The molecule has 2 aliphatic rings. The highest BCUT2D eigenvalue weighted by Crippen LogP contribution is 2.30. The molecular formula is C15H24N4.